The maximum absolute atomic E-state index is 6.17. The third kappa shape index (κ3) is 4.22. The number of piperidine rings is 1. The summed E-state index contributed by atoms with van der Waals surface area (Å²) in [6.45, 7) is 10.6. The van der Waals surface area contributed by atoms with Crippen molar-refractivity contribution >= 4 is 0 Å². The van der Waals surface area contributed by atoms with Crippen molar-refractivity contribution in [1.29, 1.82) is 0 Å². The van der Waals surface area contributed by atoms with E-state index in [-0.39, 0.29) is 0 Å². The van der Waals surface area contributed by atoms with Crippen LogP contribution in [0.25, 0.3) is 0 Å². The molecule has 0 aromatic rings. The molecule has 106 valence electrons. The van der Waals surface area contributed by atoms with E-state index in [2.05, 4.69) is 31.0 Å². The van der Waals surface area contributed by atoms with Crippen LogP contribution in [0.1, 0.15) is 46.5 Å². The van der Waals surface area contributed by atoms with E-state index in [1.165, 1.54) is 45.3 Å². The van der Waals surface area contributed by atoms with Crippen LogP contribution >= 0.6 is 0 Å². The van der Waals surface area contributed by atoms with Crippen LogP contribution in [0, 0.1) is 5.41 Å². The Bertz CT molecular complexity index is 248. The van der Waals surface area contributed by atoms with Crippen molar-refractivity contribution in [2.45, 2.75) is 64.7 Å². The van der Waals surface area contributed by atoms with Crippen LogP contribution in [0.2, 0.25) is 0 Å². The molecule has 0 atom stereocenters. The van der Waals surface area contributed by atoms with Gasteiger partial charge in [0.1, 0.15) is 0 Å². The third-order valence-electron chi connectivity index (χ3n) is 4.12. The number of ether oxygens (including phenoxy) is 1. The fourth-order valence-corrected chi connectivity index (χ4v) is 3.06. The van der Waals surface area contributed by atoms with Gasteiger partial charge in [-0.05, 0) is 38.1 Å². The van der Waals surface area contributed by atoms with Crippen LogP contribution in [0.3, 0.4) is 0 Å². The fourth-order valence-electron chi connectivity index (χ4n) is 3.06. The molecule has 2 aliphatic rings. The standard InChI is InChI=1S/C15H30N2O/c1-15(2,3)11-17-7-5-13(6-8-17)18-14-9-12(10-14)16-4/h12-14,16H,5-11H2,1-4H3/t12-,14+. The lowest BCUT2D eigenvalue weighted by Crippen LogP contribution is -2.47. The summed E-state index contributed by atoms with van der Waals surface area (Å²) in [5.74, 6) is 0. The molecule has 0 aromatic heterocycles. The van der Waals surface area contributed by atoms with Crippen LogP contribution in [0.5, 0.6) is 0 Å². The number of likely N-dealkylation sites (tertiary alicyclic amines) is 1. The van der Waals surface area contributed by atoms with E-state index in [0.29, 0.717) is 23.7 Å². The predicted octanol–water partition coefficient (Wildman–Crippen LogP) is 2.26. The summed E-state index contributed by atoms with van der Waals surface area (Å²) in [6.07, 6.45) is 5.90. The molecular formula is C15H30N2O. The average Bonchev–Trinajstić information content (AvgIpc) is 2.23. The van der Waals surface area contributed by atoms with Gasteiger partial charge >= 0.3 is 0 Å². The molecule has 18 heavy (non-hydrogen) atoms. The molecule has 2 rings (SSSR count). The van der Waals surface area contributed by atoms with Crippen molar-refractivity contribution in [3.63, 3.8) is 0 Å². The number of hydrogen-bond donors (Lipinski definition) is 1. The van der Waals surface area contributed by atoms with E-state index in [4.69, 9.17) is 4.74 Å². The molecule has 2 fully saturated rings. The maximum Gasteiger partial charge on any atom is 0.0608 e. The lowest BCUT2D eigenvalue weighted by molar-refractivity contribution is -0.0850. The van der Waals surface area contributed by atoms with Gasteiger partial charge in [0.15, 0.2) is 0 Å². The van der Waals surface area contributed by atoms with Crippen LogP contribution in [0.4, 0.5) is 0 Å². The number of nitrogens with one attached hydrogen (secondary N) is 1. The Balaban J connectivity index is 1.62. The van der Waals surface area contributed by atoms with Crippen LogP contribution in [-0.4, -0.2) is 49.8 Å². The Labute approximate surface area is 112 Å². The Morgan fingerprint density at radius 2 is 1.72 bits per heavy atom. The SMILES string of the molecule is CN[C@H]1C[C@@H](OC2CCN(CC(C)(C)C)CC2)C1. The Kier molecular flexibility index (Phi) is 4.68. The quantitative estimate of drug-likeness (QED) is 0.833. The molecule has 3 heteroatoms. The van der Waals surface area contributed by atoms with Gasteiger partial charge in [-0.1, -0.05) is 20.8 Å². The molecule has 0 amide bonds. The lowest BCUT2D eigenvalue weighted by Gasteiger charge is -2.41. The summed E-state index contributed by atoms with van der Waals surface area (Å²) < 4.78 is 6.17. The molecule has 1 N–H and O–H groups in total. The highest BCUT2D eigenvalue weighted by molar-refractivity contribution is 4.86. The minimum Gasteiger partial charge on any atom is -0.375 e. The van der Waals surface area contributed by atoms with E-state index in [1.54, 1.807) is 0 Å². The van der Waals surface area contributed by atoms with Gasteiger partial charge in [-0.3, -0.25) is 0 Å². The second kappa shape index (κ2) is 5.89. The van der Waals surface area contributed by atoms with E-state index in [1.807, 2.05) is 7.05 Å². The second-order valence-electron chi connectivity index (χ2n) is 7.25. The first-order valence-corrected chi connectivity index (χ1v) is 7.51. The van der Waals surface area contributed by atoms with Crippen molar-refractivity contribution in [2.75, 3.05) is 26.7 Å². The van der Waals surface area contributed by atoms with E-state index < -0.39 is 0 Å². The Morgan fingerprint density at radius 3 is 2.22 bits per heavy atom. The van der Waals surface area contributed by atoms with Crippen molar-refractivity contribution < 1.29 is 4.74 Å². The van der Waals surface area contributed by atoms with Gasteiger partial charge in [0, 0.05) is 25.7 Å². The van der Waals surface area contributed by atoms with Gasteiger partial charge in [-0.25, -0.2) is 0 Å². The maximum atomic E-state index is 6.17. The number of hydrogen-bond acceptors (Lipinski definition) is 3. The van der Waals surface area contributed by atoms with Crippen LogP contribution in [0.15, 0.2) is 0 Å². The summed E-state index contributed by atoms with van der Waals surface area (Å²) in [7, 11) is 2.05. The fraction of sp³-hybridized carbons (Fsp3) is 1.00. The average molecular weight is 254 g/mol. The molecule has 1 aliphatic carbocycles. The molecule has 1 saturated carbocycles. The summed E-state index contributed by atoms with van der Waals surface area (Å²) in [6, 6.07) is 0.705. The van der Waals surface area contributed by atoms with Crippen molar-refractivity contribution in [3.05, 3.63) is 0 Å². The molecule has 3 nitrogen and oxygen atoms in total. The minimum absolute atomic E-state index is 0.418. The zero-order valence-electron chi connectivity index (χ0n) is 12.5. The molecule has 1 aliphatic heterocycles. The van der Waals surface area contributed by atoms with Crippen molar-refractivity contribution in [2.24, 2.45) is 5.41 Å². The Morgan fingerprint density at radius 1 is 1.11 bits per heavy atom. The van der Waals surface area contributed by atoms with Crippen LogP contribution < -0.4 is 5.32 Å². The highest BCUT2D eigenvalue weighted by Crippen LogP contribution is 2.27. The summed E-state index contributed by atoms with van der Waals surface area (Å²) in [5.41, 5.74) is 0.418. The molecular weight excluding hydrogens is 224 g/mol. The number of rotatable bonds is 4. The summed E-state index contributed by atoms with van der Waals surface area (Å²) in [4.78, 5) is 2.59. The van der Waals surface area contributed by atoms with Gasteiger partial charge in [0.25, 0.3) is 0 Å². The zero-order chi connectivity index (χ0) is 13.2. The third-order valence-corrected chi connectivity index (χ3v) is 4.12. The highest BCUT2D eigenvalue weighted by Gasteiger charge is 2.32. The zero-order valence-corrected chi connectivity index (χ0v) is 12.5. The molecule has 0 unspecified atom stereocenters. The molecule has 1 heterocycles. The summed E-state index contributed by atoms with van der Waals surface area (Å²) >= 11 is 0. The van der Waals surface area contributed by atoms with E-state index in [0.717, 1.165) is 0 Å². The van der Waals surface area contributed by atoms with E-state index in [9.17, 15) is 0 Å². The second-order valence-corrected chi connectivity index (χ2v) is 7.25. The first-order valence-electron chi connectivity index (χ1n) is 7.51. The predicted molar refractivity (Wildman–Crippen MR) is 75.9 cm³/mol. The topological polar surface area (TPSA) is 24.5 Å². The van der Waals surface area contributed by atoms with Gasteiger partial charge in [0.05, 0.1) is 12.2 Å². The Hall–Kier alpha value is -0.120. The highest BCUT2D eigenvalue weighted by atomic mass is 16.5. The normalized spacial score (nSPS) is 31.3. The van der Waals surface area contributed by atoms with Gasteiger partial charge in [-0.2, -0.15) is 0 Å². The van der Waals surface area contributed by atoms with Gasteiger partial charge < -0.3 is 15.0 Å². The smallest absolute Gasteiger partial charge is 0.0608 e. The van der Waals surface area contributed by atoms with Crippen LogP contribution in [-0.2, 0) is 4.74 Å². The largest absolute Gasteiger partial charge is 0.375 e. The first kappa shape index (κ1) is 14.3. The lowest BCUT2D eigenvalue weighted by atomic mass is 9.89. The molecule has 0 bridgehead atoms. The molecule has 0 radical (unpaired) electrons. The molecule has 0 aromatic carbocycles. The molecule has 1 saturated heterocycles. The monoisotopic (exact) mass is 254 g/mol. The summed E-state index contributed by atoms with van der Waals surface area (Å²) in [5, 5.41) is 3.31. The molecule has 0 spiro atoms. The van der Waals surface area contributed by atoms with Gasteiger partial charge in [-0.15, -0.1) is 0 Å². The van der Waals surface area contributed by atoms with Gasteiger partial charge in [0.2, 0.25) is 0 Å². The van der Waals surface area contributed by atoms with Crippen molar-refractivity contribution in [3.8, 4) is 0 Å². The van der Waals surface area contributed by atoms with Crippen molar-refractivity contribution in [1.82, 2.24) is 10.2 Å². The first-order chi connectivity index (χ1) is 8.46. The number of nitrogens with zero attached hydrogens (tertiary/aromatic N) is 1. The van der Waals surface area contributed by atoms with E-state index >= 15 is 0 Å². The minimum atomic E-state index is 0.418.